The second-order valence-electron chi connectivity index (χ2n) is 3.20. The van der Waals surface area contributed by atoms with Crippen LogP contribution in [0.4, 0.5) is 0 Å². The fourth-order valence-corrected chi connectivity index (χ4v) is 1.47. The van der Waals surface area contributed by atoms with E-state index in [2.05, 4.69) is 4.99 Å². The molecular formula is C11H17NO. The van der Waals surface area contributed by atoms with E-state index in [1.54, 1.807) is 6.08 Å². The Morgan fingerprint density at radius 1 is 1.46 bits per heavy atom. The van der Waals surface area contributed by atoms with Crippen molar-refractivity contribution in [3.05, 3.63) is 23.5 Å². The maximum Gasteiger partial charge on any atom is 0.0924 e. The SMILES string of the molecule is C/C=C(/O)C/C(=C\C)C1=NCCC1. The Labute approximate surface area is 79.7 Å². The monoisotopic (exact) mass is 179 g/mol. The summed E-state index contributed by atoms with van der Waals surface area (Å²) in [5, 5.41) is 9.39. The molecule has 0 radical (unpaired) electrons. The zero-order valence-electron chi connectivity index (χ0n) is 8.38. The number of rotatable bonds is 3. The van der Waals surface area contributed by atoms with Crippen molar-refractivity contribution in [2.75, 3.05) is 6.54 Å². The molecule has 0 aromatic carbocycles. The summed E-state index contributed by atoms with van der Waals surface area (Å²) < 4.78 is 0. The lowest BCUT2D eigenvalue weighted by molar-refractivity contribution is 0.398. The van der Waals surface area contributed by atoms with Crippen molar-refractivity contribution in [3.63, 3.8) is 0 Å². The van der Waals surface area contributed by atoms with Crippen LogP contribution in [0.15, 0.2) is 28.5 Å². The summed E-state index contributed by atoms with van der Waals surface area (Å²) in [6.45, 7) is 4.79. The highest BCUT2D eigenvalue weighted by Gasteiger charge is 2.11. The van der Waals surface area contributed by atoms with E-state index in [1.165, 1.54) is 11.3 Å². The molecule has 0 saturated heterocycles. The van der Waals surface area contributed by atoms with Crippen LogP contribution in [-0.2, 0) is 0 Å². The molecule has 0 saturated carbocycles. The molecule has 1 aliphatic rings. The summed E-state index contributed by atoms with van der Waals surface area (Å²) in [5.41, 5.74) is 2.35. The van der Waals surface area contributed by atoms with E-state index in [0.29, 0.717) is 12.2 Å². The number of aliphatic imine (C=N–C) groups is 1. The van der Waals surface area contributed by atoms with Gasteiger partial charge in [0.2, 0.25) is 0 Å². The summed E-state index contributed by atoms with van der Waals surface area (Å²) in [6, 6.07) is 0. The lowest BCUT2D eigenvalue weighted by Crippen LogP contribution is -2.00. The first-order valence-corrected chi connectivity index (χ1v) is 4.81. The van der Waals surface area contributed by atoms with Crippen LogP contribution in [0.5, 0.6) is 0 Å². The fraction of sp³-hybridized carbons (Fsp3) is 0.545. The zero-order chi connectivity index (χ0) is 9.68. The van der Waals surface area contributed by atoms with Crippen LogP contribution >= 0.6 is 0 Å². The van der Waals surface area contributed by atoms with Crippen molar-refractivity contribution >= 4 is 5.71 Å². The van der Waals surface area contributed by atoms with Crippen molar-refractivity contribution in [3.8, 4) is 0 Å². The molecule has 0 bridgehead atoms. The highest BCUT2D eigenvalue weighted by molar-refractivity contribution is 6.01. The summed E-state index contributed by atoms with van der Waals surface area (Å²) >= 11 is 0. The normalized spacial score (nSPS) is 19.1. The van der Waals surface area contributed by atoms with Gasteiger partial charge in [-0.15, -0.1) is 0 Å². The van der Waals surface area contributed by atoms with Gasteiger partial charge in [0.25, 0.3) is 0 Å². The van der Waals surface area contributed by atoms with Gasteiger partial charge in [-0.25, -0.2) is 0 Å². The minimum atomic E-state index is 0.433. The minimum Gasteiger partial charge on any atom is -0.512 e. The quantitative estimate of drug-likeness (QED) is 0.664. The highest BCUT2D eigenvalue weighted by atomic mass is 16.3. The first kappa shape index (κ1) is 10.0. The summed E-state index contributed by atoms with van der Waals surface area (Å²) in [6.07, 6.45) is 6.63. The van der Waals surface area contributed by atoms with Gasteiger partial charge in [-0.1, -0.05) is 6.08 Å². The Morgan fingerprint density at radius 2 is 2.23 bits per heavy atom. The van der Waals surface area contributed by atoms with Gasteiger partial charge >= 0.3 is 0 Å². The molecule has 0 aromatic heterocycles. The third-order valence-corrected chi connectivity index (χ3v) is 2.30. The molecule has 13 heavy (non-hydrogen) atoms. The number of nitrogens with zero attached hydrogens (tertiary/aromatic N) is 1. The Hall–Kier alpha value is -1.05. The number of aliphatic hydroxyl groups excluding tert-OH is 1. The van der Waals surface area contributed by atoms with Gasteiger partial charge in [-0.2, -0.15) is 0 Å². The molecule has 2 heteroatoms. The van der Waals surface area contributed by atoms with Crippen molar-refractivity contribution in [2.45, 2.75) is 33.1 Å². The third-order valence-electron chi connectivity index (χ3n) is 2.30. The Morgan fingerprint density at radius 3 is 2.69 bits per heavy atom. The number of aliphatic hydroxyl groups is 1. The Kier molecular flexibility index (Phi) is 3.74. The lowest BCUT2D eigenvalue weighted by Gasteiger charge is -2.05. The number of hydrogen-bond acceptors (Lipinski definition) is 2. The second-order valence-corrected chi connectivity index (χ2v) is 3.20. The average molecular weight is 179 g/mol. The standard InChI is InChI=1S/C11H17NO/c1-3-9(8-10(13)4-2)11-6-5-7-12-11/h3-4,13H,5-8H2,1-2H3/b9-3+,10-4+. The minimum absolute atomic E-state index is 0.433. The van der Waals surface area contributed by atoms with Crippen LogP contribution in [0.2, 0.25) is 0 Å². The molecule has 0 aliphatic carbocycles. The predicted molar refractivity (Wildman–Crippen MR) is 56.3 cm³/mol. The van der Waals surface area contributed by atoms with Crippen LogP contribution in [0.25, 0.3) is 0 Å². The van der Waals surface area contributed by atoms with E-state index in [1.807, 2.05) is 19.9 Å². The number of allylic oxidation sites excluding steroid dienone is 3. The van der Waals surface area contributed by atoms with E-state index < -0.39 is 0 Å². The molecule has 0 unspecified atom stereocenters. The average Bonchev–Trinajstić information content (AvgIpc) is 2.66. The first-order valence-electron chi connectivity index (χ1n) is 4.81. The van der Waals surface area contributed by atoms with Crippen LogP contribution in [-0.4, -0.2) is 17.4 Å². The molecular weight excluding hydrogens is 162 g/mol. The zero-order valence-corrected chi connectivity index (χ0v) is 8.38. The van der Waals surface area contributed by atoms with Crippen molar-refractivity contribution in [1.82, 2.24) is 0 Å². The largest absolute Gasteiger partial charge is 0.512 e. The third kappa shape index (κ3) is 2.72. The van der Waals surface area contributed by atoms with Crippen molar-refractivity contribution in [2.24, 2.45) is 4.99 Å². The summed E-state index contributed by atoms with van der Waals surface area (Å²) in [4.78, 5) is 4.40. The molecule has 1 aliphatic heterocycles. The topological polar surface area (TPSA) is 32.6 Å². The fourth-order valence-electron chi connectivity index (χ4n) is 1.47. The maximum atomic E-state index is 9.39. The second kappa shape index (κ2) is 4.85. The van der Waals surface area contributed by atoms with Gasteiger partial charge in [0.15, 0.2) is 0 Å². The highest BCUT2D eigenvalue weighted by Crippen LogP contribution is 2.17. The van der Waals surface area contributed by atoms with Gasteiger partial charge in [0.05, 0.1) is 5.76 Å². The van der Waals surface area contributed by atoms with Crippen LogP contribution in [0, 0.1) is 0 Å². The van der Waals surface area contributed by atoms with Crippen molar-refractivity contribution < 1.29 is 5.11 Å². The molecule has 0 atom stereocenters. The predicted octanol–water partition coefficient (Wildman–Crippen LogP) is 3.02. The number of hydrogen-bond donors (Lipinski definition) is 1. The molecule has 0 fully saturated rings. The lowest BCUT2D eigenvalue weighted by atomic mass is 10.0. The molecule has 2 nitrogen and oxygen atoms in total. The smallest absolute Gasteiger partial charge is 0.0924 e. The molecule has 0 spiro atoms. The maximum absolute atomic E-state index is 9.39. The van der Waals surface area contributed by atoms with Crippen LogP contribution in [0.1, 0.15) is 33.1 Å². The van der Waals surface area contributed by atoms with E-state index in [-0.39, 0.29) is 0 Å². The molecule has 0 amide bonds. The van der Waals surface area contributed by atoms with E-state index in [9.17, 15) is 5.11 Å². The molecule has 1 heterocycles. The molecule has 0 aromatic rings. The van der Waals surface area contributed by atoms with Crippen LogP contribution < -0.4 is 0 Å². The van der Waals surface area contributed by atoms with Gasteiger partial charge in [-0.3, -0.25) is 4.99 Å². The summed E-state index contributed by atoms with van der Waals surface area (Å²) in [7, 11) is 0. The molecule has 1 rings (SSSR count). The first-order chi connectivity index (χ1) is 6.27. The van der Waals surface area contributed by atoms with E-state index in [0.717, 1.165) is 19.4 Å². The molecule has 1 N–H and O–H groups in total. The van der Waals surface area contributed by atoms with Crippen molar-refractivity contribution in [1.29, 1.82) is 0 Å². The Balaban J connectivity index is 2.64. The van der Waals surface area contributed by atoms with Gasteiger partial charge in [-0.05, 0) is 38.3 Å². The van der Waals surface area contributed by atoms with E-state index >= 15 is 0 Å². The van der Waals surface area contributed by atoms with Gasteiger partial charge in [0.1, 0.15) is 0 Å². The Bertz CT molecular complexity index is 261. The summed E-state index contributed by atoms with van der Waals surface area (Å²) in [5.74, 6) is 0.433. The van der Waals surface area contributed by atoms with E-state index in [4.69, 9.17) is 0 Å². The van der Waals surface area contributed by atoms with Gasteiger partial charge < -0.3 is 5.11 Å². The van der Waals surface area contributed by atoms with Gasteiger partial charge in [0, 0.05) is 18.7 Å². The molecule has 72 valence electrons. The van der Waals surface area contributed by atoms with Crippen LogP contribution in [0.3, 0.4) is 0 Å².